The zero-order valence-corrected chi connectivity index (χ0v) is 15.0. The summed E-state index contributed by atoms with van der Waals surface area (Å²) < 4.78 is 8.19. The number of aromatic nitrogens is 2. The molecule has 4 nitrogen and oxygen atoms in total. The molecular weight excluding hydrogens is 366 g/mol. The number of methoxy groups -OCH3 is 1. The van der Waals surface area contributed by atoms with Crippen molar-refractivity contribution in [1.29, 1.82) is 0 Å². The highest BCUT2D eigenvalue weighted by Crippen LogP contribution is 2.28. The molecule has 0 aliphatic carbocycles. The van der Waals surface area contributed by atoms with E-state index in [-0.39, 0.29) is 0 Å². The van der Waals surface area contributed by atoms with Crippen molar-refractivity contribution in [1.82, 2.24) is 9.66 Å². The number of halogens is 1. The normalized spacial score (nSPS) is 12.9. The molecule has 24 heavy (non-hydrogen) atoms. The van der Waals surface area contributed by atoms with Crippen molar-refractivity contribution in [2.45, 2.75) is 13.3 Å². The van der Waals surface area contributed by atoms with Crippen molar-refractivity contribution in [2.24, 2.45) is 5.10 Å². The van der Waals surface area contributed by atoms with Crippen LogP contribution in [-0.4, -0.2) is 22.5 Å². The first kappa shape index (κ1) is 15.1. The van der Waals surface area contributed by atoms with Crippen LogP contribution in [-0.2, 0) is 6.42 Å². The molecule has 0 radical (unpaired) electrons. The fourth-order valence-electron chi connectivity index (χ4n) is 2.96. The summed E-state index contributed by atoms with van der Waals surface area (Å²) in [5, 5.41) is 4.93. The van der Waals surface area contributed by atoms with Gasteiger partial charge in [0.05, 0.1) is 18.5 Å². The molecule has 0 spiro atoms. The molecule has 0 amide bonds. The van der Waals surface area contributed by atoms with E-state index in [1.54, 1.807) is 7.11 Å². The van der Waals surface area contributed by atoms with Crippen molar-refractivity contribution in [3.63, 3.8) is 0 Å². The van der Waals surface area contributed by atoms with Gasteiger partial charge in [-0.3, -0.25) is 0 Å². The summed E-state index contributed by atoms with van der Waals surface area (Å²) in [6.07, 6.45) is 0.728. The van der Waals surface area contributed by atoms with E-state index in [0.29, 0.717) is 0 Å². The minimum Gasteiger partial charge on any atom is -0.497 e. The van der Waals surface area contributed by atoms with Gasteiger partial charge in [0, 0.05) is 17.5 Å². The Morgan fingerprint density at radius 1 is 1.12 bits per heavy atom. The first-order valence-corrected chi connectivity index (χ1v) is 8.52. The lowest BCUT2D eigenvalue weighted by atomic mass is 9.96. The fraction of sp³-hybridized carbons (Fsp3) is 0.158. The molecule has 0 saturated heterocycles. The maximum Gasteiger partial charge on any atom is 0.136 e. The number of nitrogens with zero attached hydrogens (tertiary/aromatic N) is 3. The van der Waals surface area contributed by atoms with E-state index in [1.165, 1.54) is 5.56 Å². The van der Waals surface area contributed by atoms with Crippen LogP contribution in [0.3, 0.4) is 0 Å². The lowest BCUT2D eigenvalue weighted by molar-refractivity contribution is 0.414. The SMILES string of the molecule is COc1ccc2c(c1)C(c1ccccc1)=Nn1c(nc(Br)c1C)C2. The number of benzene rings is 2. The van der Waals surface area contributed by atoms with Crippen LogP contribution in [0, 0.1) is 6.92 Å². The molecule has 1 aliphatic heterocycles. The fourth-order valence-corrected chi connectivity index (χ4v) is 3.33. The first-order chi connectivity index (χ1) is 11.7. The van der Waals surface area contributed by atoms with E-state index in [0.717, 1.165) is 45.1 Å². The Kier molecular flexibility index (Phi) is 3.73. The summed E-state index contributed by atoms with van der Waals surface area (Å²) in [5.74, 6) is 1.76. The van der Waals surface area contributed by atoms with Gasteiger partial charge in [0.2, 0.25) is 0 Å². The highest BCUT2D eigenvalue weighted by molar-refractivity contribution is 9.10. The summed E-state index contributed by atoms with van der Waals surface area (Å²) in [5.41, 5.74) is 5.27. The first-order valence-electron chi connectivity index (χ1n) is 7.73. The molecular formula is C19H16BrN3O. The predicted molar refractivity (Wildman–Crippen MR) is 97.9 cm³/mol. The van der Waals surface area contributed by atoms with Crippen molar-refractivity contribution < 1.29 is 4.74 Å². The lowest BCUT2D eigenvalue weighted by Crippen LogP contribution is -2.07. The molecule has 4 rings (SSSR count). The predicted octanol–water partition coefficient (Wildman–Crippen LogP) is 4.17. The maximum atomic E-state index is 5.42. The highest BCUT2D eigenvalue weighted by atomic mass is 79.9. The number of hydrogen-bond donors (Lipinski definition) is 0. The molecule has 3 aromatic rings. The van der Waals surface area contributed by atoms with Crippen LogP contribution in [0.15, 0.2) is 58.2 Å². The second-order valence-corrected chi connectivity index (χ2v) is 6.48. The number of fused-ring (bicyclic) bond motifs is 2. The van der Waals surface area contributed by atoms with Gasteiger partial charge in [0.15, 0.2) is 0 Å². The van der Waals surface area contributed by atoms with Gasteiger partial charge in [-0.05, 0) is 40.5 Å². The summed E-state index contributed by atoms with van der Waals surface area (Å²) in [4.78, 5) is 4.62. The van der Waals surface area contributed by atoms with Gasteiger partial charge < -0.3 is 4.74 Å². The third kappa shape index (κ3) is 2.45. The Morgan fingerprint density at radius 3 is 2.67 bits per heavy atom. The monoisotopic (exact) mass is 381 g/mol. The van der Waals surface area contributed by atoms with Gasteiger partial charge >= 0.3 is 0 Å². The molecule has 0 N–H and O–H groups in total. The minimum absolute atomic E-state index is 0.728. The molecule has 0 atom stereocenters. The van der Waals surface area contributed by atoms with Crippen LogP contribution in [0.5, 0.6) is 5.75 Å². The average molecular weight is 382 g/mol. The van der Waals surface area contributed by atoms with Crippen LogP contribution in [0.25, 0.3) is 0 Å². The zero-order valence-electron chi connectivity index (χ0n) is 13.5. The van der Waals surface area contributed by atoms with Crippen LogP contribution < -0.4 is 4.74 Å². The summed E-state index contributed by atoms with van der Waals surface area (Å²) in [6, 6.07) is 16.4. The highest BCUT2D eigenvalue weighted by Gasteiger charge is 2.22. The molecule has 0 unspecified atom stereocenters. The summed E-state index contributed by atoms with van der Waals surface area (Å²) in [7, 11) is 1.68. The van der Waals surface area contributed by atoms with E-state index >= 15 is 0 Å². The van der Waals surface area contributed by atoms with Crippen molar-refractivity contribution >= 4 is 21.6 Å². The molecule has 0 fully saturated rings. The van der Waals surface area contributed by atoms with E-state index in [1.807, 2.05) is 35.9 Å². The lowest BCUT2D eigenvalue weighted by Gasteiger charge is -2.11. The number of imidazole rings is 1. The van der Waals surface area contributed by atoms with Crippen LogP contribution in [0.2, 0.25) is 0 Å². The van der Waals surface area contributed by atoms with Gasteiger partial charge in [-0.1, -0.05) is 36.4 Å². The van der Waals surface area contributed by atoms with Gasteiger partial charge in [-0.2, -0.15) is 5.10 Å². The Labute approximate surface area is 148 Å². The summed E-state index contributed by atoms with van der Waals surface area (Å²) in [6.45, 7) is 2.02. The summed E-state index contributed by atoms with van der Waals surface area (Å²) >= 11 is 3.52. The Morgan fingerprint density at radius 2 is 1.92 bits per heavy atom. The van der Waals surface area contributed by atoms with Gasteiger partial charge in [0.25, 0.3) is 0 Å². The number of hydrogen-bond acceptors (Lipinski definition) is 3. The quantitative estimate of drug-likeness (QED) is 0.522. The van der Waals surface area contributed by atoms with Gasteiger partial charge in [-0.25, -0.2) is 9.66 Å². The van der Waals surface area contributed by atoms with Gasteiger partial charge in [-0.15, -0.1) is 0 Å². The largest absolute Gasteiger partial charge is 0.497 e. The van der Waals surface area contributed by atoms with Crippen molar-refractivity contribution in [2.75, 3.05) is 7.11 Å². The smallest absolute Gasteiger partial charge is 0.136 e. The molecule has 120 valence electrons. The Hall–Kier alpha value is -2.40. The Bertz CT molecular complexity index is 945. The standard InChI is InChI=1S/C19H16BrN3O/c1-12-19(20)21-17-10-14-8-9-15(24-2)11-16(14)18(22-23(12)17)13-6-4-3-5-7-13/h3-9,11H,10H2,1-2H3. The third-order valence-electron chi connectivity index (χ3n) is 4.26. The molecule has 2 heterocycles. The minimum atomic E-state index is 0.728. The van der Waals surface area contributed by atoms with Crippen LogP contribution in [0.1, 0.15) is 28.2 Å². The molecule has 2 aromatic carbocycles. The molecule has 5 heteroatoms. The second-order valence-electron chi connectivity index (χ2n) is 5.73. The van der Waals surface area contributed by atoms with E-state index in [4.69, 9.17) is 9.84 Å². The van der Waals surface area contributed by atoms with E-state index in [9.17, 15) is 0 Å². The Balaban J connectivity index is 2.01. The third-order valence-corrected chi connectivity index (χ3v) is 5.01. The molecule has 0 saturated carbocycles. The zero-order chi connectivity index (χ0) is 16.7. The topological polar surface area (TPSA) is 39.4 Å². The van der Waals surface area contributed by atoms with E-state index < -0.39 is 0 Å². The molecule has 1 aromatic heterocycles. The molecule has 1 aliphatic rings. The van der Waals surface area contributed by atoms with Crippen molar-refractivity contribution in [3.05, 3.63) is 81.3 Å². The van der Waals surface area contributed by atoms with Gasteiger partial charge in [0.1, 0.15) is 16.2 Å². The van der Waals surface area contributed by atoms with E-state index in [2.05, 4.69) is 45.2 Å². The van der Waals surface area contributed by atoms with Crippen molar-refractivity contribution in [3.8, 4) is 5.75 Å². The average Bonchev–Trinajstić information content (AvgIpc) is 2.79. The molecule has 0 bridgehead atoms. The maximum absolute atomic E-state index is 5.42. The van der Waals surface area contributed by atoms with Crippen LogP contribution >= 0.6 is 15.9 Å². The number of rotatable bonds is 2. The second kappa shape index (κ2) is 5.91. The number of ether oxygens (including phenoxy) is 1. The van der Waals surface area contributed by atoms with Crippen LogP contribution in [0.4, 0.5) is 0 Å².